The monoisotopic (exact) mass is 196 g/mol. The molecule has 0 fully saturated rings. The normalized spacial score (nSPS) is 10.5. The van der Waals surface area contributed by atoms with E-state index in [0.717, 1.165) is 5.01 Å². The van der Waals surface area contributed by atoms with Gasteiger partial charge < -0.3 is 5.11 Å². The van der Waals surface area contributed by atoms with Crippen LogP contribution in [0.1, 0.15) is 0 Å². The SMILES string of the molecule is OCCn1cnc(-c2nccs2)n1. The molecule has 0 saturated heterocycles. The van der Waals surface area contributed by atoms with Gasteiger partial charge in [0, 0.05) is 11.6 Å². The number of hydrogen-bond donors (Lipinski definition) is 1. The molecule has 2 aromatic heterocycles. The lowest BCUT2D eigenvalue weighted by Gasteiger charge is -1.92. The molecule has 0 radical (unpaired) electrons. The minimum Gasteiger partial charge on any atom is -0.394 e. The van der Waals surface area contributed by atoms with E-state index in [1.807, 2.05) is 5.38 Å². The summed E-state index contributed by atoms with van der Waals surface area (Å²) in [7, 11) is 0. The predicted molar refractivity (Wildman–Crippen MR) is 48.2 cm³/mol. The molecule has 0 saturated carbocycles. The molecule has 0 amide bonds. The molecule has 68 valence electrons. The van der Waals surface area contributed by atoms with Gasteiger partial charge in [0.05, 0.1) is 13.2 Å². The van der Waals surface area contributed by atoms with Crippen LogP contribution in [-0.4, -0.2) is 31.5 Å². The Labute approximate surface area is 78.7 Å². The molecule has 0 spiro atoms. The van der Waals surface area contributed by atoms with Gasteiger partial charge in [-0.25, -0.2) is 14.6 Å². The molecular weight excluding hydrogens is 188 g/mol. The molecular formula is C7H8N4OS. The van der Waals surface area contributed by atoms with Gasteiger partial charge in [-0.2, -0.15) is 0 Å². The van der Waals surface area contributed by atoms with Crippen molar-refractivity contribution in [2.24, 2.45) is 0 Å². The topological polar surface area (TPSA) is 63.8 Å². The van der Waals surface area contributed by atoms with E-state index >= 15 is 0 Å². The van der Waals surface area contributed by atoms with Crippen molar-refractivity contribution in [3.8, 4) is 10.8 Å². The van der Waals surface area contributed by atoms with Crippen molar-refractivity contribution in [2.75, 3.05) is 6.61 Å². The van der Waals surface area contributed by atoms with Crippen molar-refractivity contribution in [2.45, 2.75) is 6.54 Å². The van der Waals surface area contributed by atoms with Gasteiger partial charge in [0.15, 0.2) is 5.01 Å². The summed E-state index contributed by atoms with van der Waals surface area (Å²) < 4.78 is 1.59. The molecule has 0 aromatic carbocycles. The summed E-state index contributed by atoms with van der Waals surface area (Å²) >= 11 is 1.50. The van der Waals surface area contributed by atoms with E-state index in [9.17, 15) is 0 Å². The molecule has 2 heterocycles. The first kappa shape index (κ1) is 8.33. The summed E-state index contributed by atoms with van der Waals surface area (Å²) in [5.74, 6) is 0.614. The van der Waals surface area contributed by atoms with Crippen molar-refractivity contribution in [1.82, 2.24) is 19.7 Å². The summed E-state index contributed by atoms with van der Waals surface area (Å²) in [4.78, 5) is 8.14. The van der Waals surface area contributed by atoms with Crippen molar-refractivity contribution < 1.29 is 5.11 Å². The zero-order valence-corrected chi connectivity index (χ0v) is 7.61. The smallest absolute Gasteiger partial charge is 0.210 e. The molecule has 6 heteroatoms. The van der Waals surface area contributed by atoms with Crippen LogP contribution in [0.25, 0.3) is 10.8 Å². The average Bonchev–Trinajstić information content (AvgIpc) is 2.70. The fraction of sp³-hybridized carbons (Fsp3) is 0.286. The number of hydrogen-bond acceptors (Lipinski definition) is 5. The molecule has 0 unspecified atom stereocenters. The second-order valence-corrected chi connectivity index (χ2v) is 3.29. The Morgan fingerprint density at radius 3 is 3.08 bits per heavy atom. The van der Waals surface area contributed by atoms with Crippen LogP contribution in [0.5, 0.6) is 0 Å². The highest BCUT2D eigenvalue weighted by atomic mass is 32.1. The van der Waals surface area contributed by atoms with Gasteiger partial charge in [-0.05, 0) is 0 Å². The standard InChI is InChI=1S/C7H8N4OS/c12-3-2-11-5-9-6(10-11)7-8-1-4-13-7/h1,4-5,12H,2-3H2. The zero-order valence-electron chi connectivity index (χ0n) is 6.79. The highest BCUT2D eigenvalue weighted by Gasteiger charge is 2.05. The van der Waals surface area contributed by atoms with Crippen LogP contribution < -0.4 is 0 Å². The highest BCUT2D eigenvalue weighted by molar-refractivity contribution is 7.12. The molecule has 13 heavy (non-hydrogen) atoms. The lowest BCUT2D eigenvalue weighted by molar-refractivity contribution is 0.269. The van der Waals surface area contributed by atoms with Crippen LogP contribution in [0.4, 0.5) is 0 Å². The third kappa shape index (κ3) is 1.73. The summed E-state index contributed by atoms with van der Waals surface area (Å²) in [6, 6.07) is 0. The number of aliphatic hydroxyl groups excluding tert-OH is 1. The van der Waals surface area contributed by atoms with Crippen molar-refractivity contribution >= 4 is 11.3 Å². The van der Waals surface area contributed by atoms with E-state index in [1.54, 1.807) is 17.2 Å². The first-order valence-electron chi connectivity index (χ1n) is 3.80. The van der Waals surface area contributed by atoms with Crippen LogP contribution in [0, 0.1) is 0 Å². The maximum Gasteiger partial charge on any atom is 0.210 e. The lowest BCUT2D eigenvalue weighted by Crippen LogP contribution is -2.02. The van der Waals surface area contributed by atoms with E-state index in [-0.39, 0.29) is 6.61 Å². The van der Waals surface area contributed by atoms with Gasteiger partial charge in [0.1, 0.15) is 6.33 Å². The second-order valence-electron chi connectivity index (χ2n) is 2.39. The minimum atomic E-state index is 0.0701. The van der Waals surface area contributed by atoms with Crippen LogP contribution in [0.15, 0.2) is 17.9 Å². The highest BCUT2D eigenvalue weighted by Crippen LogP contribution is 2.16. The minimum absolute atomic E-state index is 0.0701. The fourth-order valence-corrected chi connectivity index (χ4v) is 1.51. The molecule has 2 rings (SSSR count). The number of rotatable bonds is 3. The predicted octanol–water partition coefficient (Wildman–Crippen LogP) is 0.394. The van der Waals surface area contributed by atoms with Crippen LogP contribution in [-0.2, 0) is 6.54 Å². The average molecular weight is 196 g/mol. The summed E-state index contributed by atoms with van der Waals surface area (Å²) in [5, 5.41) is 15.5. The number of aliphatic hydroxyl groups is 1. The fourth-order valence-electron chi connectivity index (χ4n) is 0.937. The van der Waals surface area contributed by atoms with E-state index in [4.69, 9.17) is 5.11 Å². The Hall–Kier alpha value is -1.27. The van der Waals surface area contributed by atoms with Crippen molar-refractivity contribution in [1.29, 1.82) is 0 Å². The maximum absolute atomic E-state index is 8.66. The summed E-state index contributed by atoms with van der Waals surface area (Å²) in [5.41, 5.74) is 0. The van der Waals surface area contributed by atoms with Gasteiger partial charge in [-0.15, -0.1) is 16.4 Å². The van der Waals surface area contributed by atoms with Crippen LogP contribution >= 0.6 is 11.3 Å². The maximum atomic E-state index is 8.66. The Morgan fingerprint density at radius 2 is 2.38 bits per heavy atom. The van der Waals surface area contributed by atoms with Gasteiger partial charge in [0.2, 0.25) is 5.82 Å². The first-order valence-corrected chi connectivity index (χ1v) is 4.68. The van der Waals surface area contributed by atoms with Crippen molar-refractivity contribution in [3.05, 3.63) is 17.9 Å². The number of thiazole rings is 1. The van der Waals surface area contributed by atoms with E-state index in [1.165, 1.54) is 11.3 Å². The first-order chi connectivity index (χ1) is 6.40. The van der Waals surface area contributed by atoms with E-state index in [0.29, 0.717) is 12.4 Å². The van der Waals surface area contributed by atoms with Crippen LogP contribution in [0.2, 0.25) is 0 Å². The van der Waals surface area contributed by atoms with Gasteiger partial charge in [-0.1, -0.05) is 0 Å². The summed E-state index contributed by atoms with van der Waals surface area (Å²) in [6.07, 6.45) is 3.31. The van der Waals surface area contributed by atoms with E-state index in [2.05, 4.69) is 15.1 Å². The molecule has 1 N–H and O–H groups in total. The molecule has 5 nitrogen and oxygen atoms in total. The Bertz CT molecular complexity index is 370. The summed E-state index contributed by atoms with van der Waals surface area (Å²) in [6.45, 7) is 0.541. The Morgan fingerprint density at radius 1 is 1.46 bits per heavy atom. The Balaban J connectivity index is 2.23. The lowest BCUT2D eigenvalue weighted by atomic mass is 10.7. The van der Waals surface area contributed by atoms with E-state index < -0.39 is 0 Å². The third-order valence-corrected chi connectivity index (χ3v) is 2.26. The van der Waals surface area contributed by atoms with Crippen LogP contribution in [0.3, 0.4) is 0 Å². The van der Waals surface area contributed by atoms with Crippen molar-refractivity contribution in [3.63, 3.8) is 0 Å². The Kier molecular flexibility index (Phi) is 2.33. The van der Waals surface area contributed by atoms with Gasteiger partial charge >= 0.3 is 0 Å². The molecule has 0 aliphatic rings. The molecule has 0 bridgehead atoms. The van der Waals surface area contributed by atoms with Gasteiger partial charge in [0.25, 0.3) is 0 Å². The zero-order chi connectivity index (χ0) is 9.10. The number of nitrogens with zero attached hydrogens (tertiary/aromatic N) is 4. The molecule has 0 aliphatic heterocycles. The molecule has 0 atom stereocenters. The number of aromatic nitrogens is 4. The molecule has 2 aromatic rings. The quantitative estimate of drug-likeness (QED) is 0.771. The largest absolute Gasteiger partial charge is 0.394 e. The molecule has 0 aliphatic carbocycles. The second kappa shape index (κ2) is 3.63. The third-order valence-electron chi connectivity index (χ3n) is 1.49. The van der Waals surface area contributed by atoms with Gasteiger partial charge in [-0.3, -0.25) is 0 Å².